The normalized spacial score (nSPS) is 15.6. The Balaban J connectivity index is 2.42. The van der Waals surface area contributed by atoms with E-state index < -0.39 is 13.2 Å². The lowest BCUT2D eigenvalue weighted by Gasteiger charge is -2.24. The number of aliphatic hydroxyl groups excluding tert-OH is 1. The number of rotatable bonds is 5. The summed E-state index contributed by atoms with van der Waals surface area (Å²) < 4.78 is 19.5. The van der Waals surface area contributed by atoms with Crippen LogP contribution in [-0.2, 0) is 9.09 Å². The quantitative estimate of drug-likeness (QED) is 0.823. The predicted octanol–water partition coefficient (Wildman–Crippen LogP) is 4.08. The summed E-state index contributed by atoms with van der Waals surface area (Å²) in [4.78, 5) is 0. The van der Waals surface area contributed by atoms with Gasteiger partial charge in [-0.15, -0.1) is 0 Å². The third-order valence-corrected chi connectivity index (χ3v) is 6.06. The maximum Gasteiger partial charge on any atom is 0.264 e. The zero-order valence-electron chi connectivity index (χ0n) is 11.1. The standard InChI is InChI=1S/C15H16BrO3P/c1-2-19-20(18,14-6-4-3-5-7-14)15(17)12-8-10-13(16)11-9-12/h3-11,15,17H,2H2,1H3/t15-,20-/m0/s1. The van der Waals surface area contributed by atoms with E-state index in [1.165, 1.54) is 0 Å². The van der Waals surface area contributed by atoms with Gasteiger partial charge in [-0.25, -0.2) is 0 Å². The third-order valence-electron chi connectivity index (χ3n) is 2.93. The molecule has 20 heavy (non-hydrogen) atoms. The zero-order valence-corrected chi connectivity index (χ0v) is 13.5. The molecule has 0 radical (unpaired) electrons. The van der Waals surface area contributed by atoms with Gasteiger partial charge in [-0.3, -0.25) is 4.57 Å². The molecule has 0 amide bonds. The minimum Gasteiger partial charge on any atom is -0.378 e. The van der Waals surface area contributed by atoms with Crippen molar-refractivity contribution in [2.45, 2.75) is 12.8 Å². The van der Waals surface area contributed by atoms with E-state index in [4.69, 9.17) is 4.52 Å². The molecule has 0 heterocycles. The molecule has 0 aliphatic heterocycles. The summed E-state index contributed by atoms with van der Waals surface area (Å²) in [7, 11) is -3.36. The van der Waals surface area contributed by atoms with Gasteiger partial charge in [-0.2, -0.15) is 0 Å². The first kappa shape index (κ1) is 15.5. The molecule has 0 fully saturated rings. The van der Waals surface area contributed by atoms with Crippen molar-refractivity contribution in [3.63, 3.8) is 0 Å². The molecule has 3 nitrogen and oxygen atoms in total. The molecule has 0 aromatic heterocycles. The lowest BCUT2D eigenvalue weighted by atomic mass is 10.2. The molecule has 0 aliphatic rings. The molecule has 0 bridgehead atoms. The van der Waals surface area contributed by atoms with Crippen LogP contribution < -0.4 is 5.30 Å². The Labute approximate surface area is 127 Å². The SMILES string of the molecule is CCO[P@@](=O)(c1ccccc1)[C@H](O)c1ccc(Br)cc1. The van der Waals surface area contributed by atoms with Crippen molar-refractivity contribution >= 4 is 28.6 Å². The fourth-order valence-electron chi connectivity index (χ4n) is 1.95. The zero-order chi connectivity index (χ0) is 14.6. The molecule has 2 aromatic carbocycles. The van der Waals surface area contributed by atoms with Gasteiger partial charge in [0.2, 0.25) is 0 Å². The summed E-state index contributed by atoms with van der Waals surface area (Å²) in [6.07, 6.45) is 0. The summed E-state index contributed by atoms with van der Waals surface area (Å²) in [5.74, 6) is -1.17. The molecule has 2 aromatic rings. The van der Waals surface area contributed by atoms with Crippen LogP contribution in [0.5, 0.6) is 0 Å². The van der Waals surface area contributed by atoms with Crippen molar-refractivity contribution in [3.8, 4) is 0 Å². The highest BCUT2D eigenvalue weighted by Crippen LogP contribution is 2.57. The van der Waals surface area contributed by atoms with E-state index in [1.807, 2.05) is 6.07 Å². The maximum absolute atomic E-state index is 13.1. The highest BCUT2D eigenvalue weighted by Gasteiger charge is 2.35. The van der Waals surface area contributed by atoms with Crippen LogP contribution in [0.3, 0.4) is 0 Å². The molecule has 106 valence electrons. The van der Waals surface area contributed by atoms with E-state index in [2.05, 4.69) is 15.9 Å². The molecular formula is C15H16BrO3P. The lowest BCUT2D eigenvalue weighted by Crippen LogP contribution is -2.14. The average molecular weight is 355 g/mol. The van der Waals surface area contributed by atoms with E-state index in [9.17, 15) is 9.67 Å². The maximum atomic E-state index is 13.1. The van der Waals surface area contributed by atoms with Gasteiger partial charge in [-0.05, 0) is 36.8 Å². The molecule has 0 unspecified atom stereocenters. The second-order valence-corrected chi connectivity index (χ2v) is 7.65. The van der Waals surface area contributed by atoms with Gasteiger partial charge in [0.25, 0.3) is 7.37 Å². The largest absolute Gasteiger partial charge is 0.378 e. The van der Waals surface area contributed by atoms with Gasteiger partial charge in [-0.1, -0.05) is 46.3 Å². The predicted molar refractivity (Wildman–Crippen MR) is 84.4 cm³/mol. The minimum atomic E-state index is -3.36. The first-order chi connectivity index (χ1) is 9.58. The van der Waals surface area contributed by atoms with E-state index in [0.717, 1.165) is 4.47 Å². The number of hydrogen-bond donors (Lipinski definition) is 1. The van der Waals surface area contributed by atoms with Gasteiger partial charge >= 0.3 is 0 Å². The molecule has 5 heteroatoms. The molecule has 0 saturated heterocycles. The molecular weight excluding hydrogens is 339 g/mol. The van der Waals surface area contributed by atoms with Gasteiger partial charge in [0.1, 0.15) is 0 Å². The molecule has 1 N–H and O–H groups in total. The number of hydrogen-bond acceptors (Lipinski definition) is 3. The van der Waals surface area contributed by atoms with Crippen LogP contribution in [0.4, 0.5) is 0 Å². The minimum absolute atomic E-state index is 0.278. The molecule has 2 rings (SSSR count). The van der Waals surface area contributed by atoms with Gasteiger partial charge in [0.15, 0.2) is 5.85 Å². The Morgan fingerprint density at radius 2 is 1.75 bits per heavy atom. The second kappa shape index (κ2) is 6.68. The van der Waals surface area contributed by atoms with Crippen LogP contribution in [0, 0.1) is 0 Å². The highest BCUT2D eigenvalue weighted by atomic mass is 79.9. The van der Waals surface area contributed by atoms with Crippen molar-refractivity contribution in [2.75, 3.05) is 6.61 Å². The smallest absolute Gasteiger partial charge is 0.264 e. The van der Waals surface area contributed by atoms with Crippen molar-refractivity contribution in [1.82, 2.24) is 0 Å². The molecule has 0 spiro atoms. The van der Waals surface area contributed by atoms with Crippen LogP contribution in [-0.4, -0.2) is 11.7 Å². The van der Waals surface area contributed by atoms with Crippen LogP contribution in [0.15, 0.2) is 59.1 Å². The Hall–Kier alpha value is -0.930. The van der Waals surface area contributed by atoms with Crippen LogP contribution >= 0.6 is 23.3 Å². The van der Waals surface area contributed by atoms with E-state index in [1.54, 1.807) is 55.5 Å². The second-order valence-electron chi connectivity index (χ2n) is 4.28. The van der Waals surface area contributed by atoms with Gasteiger partial charge in [0, 0.05) is 9.78 Å². The monoisotopic (exact) mass is 354 g/mol. The van der Waals surface area contributed by atoms with Crippen molar-refractivity contribution in [3.05, 3.63) is 64.6 Å². The Morgan fingerprint density at radius 3 is 2.30 bits per heavy atom. The molecule has 0 aliphatic carbocycles. The third kappa shape index (κ3) is 3.21. The van der Waals surface area contributed by atoms with Crippen LogP contribution in [0.25, 0.3) is 0 Å². The first-order valence-corrected chi connectivity index (χ1v) is 8.80. The van der Waals surface area contributed by atoms with E-state index in [-0.39, 0.29) is 6.61 Å². The number of aliphatic hydroxyl groups is 1. The van der Waals surface area contributed by atoms with Gasteiger partial charge in [0.05, 0.1) is 6.61 Å². The summed E-state index contributed by atoms with van der Waals surface area (Å²) in [6.45, 7) is 2.05. The van der Waals surface area contributed by atoms with E-state index >= 15 is 0 Å². The molecule has 0 saturated carbocycles. The summed E-state index contributed by atoms with van der Waals surface area (Å²) in [5.41, 5.74) is 0.578. The number of benzene rings is 2. The fourth-order valence-corrected chi connectivity index (χ4v) is 4.32. The fraction of sp³-hybridized carbons (Fsp3) is 0.200. The Morgan fingerprint density at radius 1 is 1.15 bits per heavy atom. The Kier molecular flexibility index (Phi) is 5.17. The van der Waals surface area contributed by atoms with Gasteiger partial charge < -0.3 is 9.63 Å². The topological polar surface area (TPSA) is 46.5 Å². The van der Waals surface area contributed by atoms with Crippen LogP contribution in [0.2, 0.25) is 0 Å². The highest BCUT2D eigenvalue weighted by molar-refractivity contribution is 9.10. The number of halogens is 1. The average Bonchev–Trinajstić information content (AvgIpc) is 2.48. The van der Waals surface area contributed by atoms with Crippen molar-refractivity contribution in [2.24, 2.45) is 0 Å². The Bertz CT molecular complexity index is 598. The molecule has 2 atom stereocenters. The van der Waals surface area contributed by atoms with Crippen molar-refractivity contribution < 1.29 is 14.2 Å². The van der Waals surface area contributed by atoms with Crippen LogP contribution in [0.1, 0.15) is 18.3 Å². The summed E-state index contributed by atoms with van der Waals surface area (Å²) in [6, 6.07) is 15.9. The lowest BCUT2D eigenvalue weighted by molar-refractivity contribution is 0.218. The summed E-state index contributed by atoms with van der Waals surface area (Å²) >= 11 is 3.34. The first-order valence-electron chi connectivity index (χ1n) is 6.31. The summed E-state index contributed by atoms with van der Waals surface area (Å²) in [5, 5.41) is 11.0. The van der Waals surface area contributed by atoms with E-state index in [0.29, 0.717) is 10.9 Å². The van der Waals surface area contributed by atoms with Crippen molar-refractivity contribution in [1.29, 1.82) is 0 Å².